The molecule has 0 aliphatic rings. The van der Waals surface area contributed by atoms with Gasteiger partial charge in [-0.3, -0.25) is 4.98 Å². The summed E-state index contributed by atoms with van der Waals surface area (Å²) in [6.45, 7) is 1.04. The largest absolute Gasteiger partial charge is 0.396 e. The number of aromatic nitrogens is 1. The smallest absolute Gasteiger partial charge is 0.0746 e. The fourth-order valence-corrected chi connectivity index (χ4v) is 2.93. The third-order valence-corrected chi connectivity index (χ3v) is 4.42. The van der Waals surface area contributed by atoms with Crippen LogP contribution < -0.4 is 11.1 Å². The summed E-state index contributed by atoms with van der Waals surface area (Å²) in [4.78, 5) is 6.58. The van der Waals surface area contributed by atoms with Crippen molar-refractivity contribution < 1.29 is 0 Å². The monoisotopic (exact) mass is 384 g/mol. The maximum atomic E-state index is 6.15. The molecule has 0 bridgehead atoms. The van der Waals surface area contributed by atoms with Gasteiger partial charge in [0.05, 0.1) is 23.1 Å². The molecule has 3 aromatic rings. The van der Waals surface area contributed by atoms with Crippen LogP contribution in [0, 0.1) is 0 Å². The van der Waals surface area contributed by atoms with Gasteiger partial charge in [-0.2, -0.15) is 0 Å². The van der Waals surface area contributed by atoms with E-state index in [0.29, 0.717) is 5.69 Å². The minimum Gasteiger partial charge on any atom is -0.396 e. The first-order chi connectivity index (χ1) is 11.5. The van der Waals surface area contributed by atoms with E-state index in [9.17, 15) is 0 Å². The quantitative estimate of drug-likeness (QED) is 0.683. The Bertz CT molecular complexity index is 839. The number of pyridine rings is 1. The van der Waals surface area contributed by atoms with Crippen molar-refractivity contribution >= 4 is 43.9 Å². The zero-order chi connectivity index (χ0) is 17.1. The molecule has 1 aromatic heterocycles. The molecule has 0 saturated carbocycles. The van der Waals surface area contributed by atoms with Crippen LogP contribution in [-0.2, 0) is 6.42 Å². The molecule has 124 valence electrons. The highest BCUT2D eigenvalue weighted by Crippen LogP contribution is 2.32. The van der Waals surface area contributed by atoms with E-state index >= 15 is 0 Å². The molecule has 0 fully saturated rings. The van der Waals surface area contributed by atoms with Gasteiger partial charge in [-0.15, -0.1) is 0 Å². The van der Waals surface area contributed by atoms with Gasteiger partial charge in [0.1, 0.15) is 0 Å². The number of rotatable bonds is 5. The van der Waals surface area contributed by atoms with Gasteiger partial charge < -0.3 is 16.0 Å². The number of anilines is 3. The number of nitrogen functional groups attached to an aromatic ring is 1. The van der Waals surface area contributed by atoms with Gasteiger partial charge in [0.2, 0.25) is 0 Å². The van der Waals surface area contributed by atoms with Crippen molar-refractivity contribution in [3.8, 4) is 0 Å². The number of benzene rings is 2. The lowest BCUT2D eigenvalue weighted by molar-refractivity contribution is 0.413. The van der Waals surface area contributed by atoms with Crippen LogP contribution in [0.25, 0.3) is 10.9 Å². The zero-order valence-corrected chi connectivity index (χ0v) is 15.5. The molecular formula is C19H21BrN4. The first kappa shape index (κ1) is 16.7. The number of nitrogens with one attached hydrogen (secondary N) is 1. The van der Waals surface area contributed by atoms with E-state index in [2.05, 4.69) is 69.5 Å². The molecular weight excluding hydrogens is 364 g/mol. The Morgan fingerprint density at radius 3 is 2.58 bits per heavy atom. The van der Waals surface area contributed by atoms with Crippen molar-refractivity contribution in [3.63, 3.8) is 0 Å². The fourth-order valence-electron chi connectivity index (χ4n) is 2.57. The first-order valence-corrected chi connectivity index (χ1v) is 8.66. The number of hydrogen-bond donors (Lipinski definition) is 2. The van der Waals surface area contributed by atoms with E-state index in [1.165, 1.54) is 5.56 Å². The van der Waals surface area contributed by atoms with E-state index in [0.717, 1.165) is 39.7 Å². The Morgan fingerprint density at radius 2 is 1.88 bits per heavy atom. The molecule has 2 aromatic carbocycles. The third kappa shape index (κ3) is 3.86. The molecule has 1 heterocycles. The van der Waals surface area contributed by atoms with Gasteiger partial charge in [-0.05, 0) is 56.4 Å². The summed E-state index contributed by atoms with van der Waals surface area (Å²) in [5.74, 6) is 0. The van der Waals surface area contributed by atoms with E-state index in [4.69, 9.17) is 5.73 Å². The topological polar surface area (TPSA) is 54.2 Å². The van der Waals surface area contributed by atoms with Crippen LogP contribution in [0.1, 0.15) is 5.56 Å². The van der Waals surface area contributed by atoms with Gasteiger partial charge in [0.25, 0.3) is 0 Å². The zero-order valence-electron chi connectivity index (χ0n) is 13.9. The molecule has 0 unspecified atom stereocenters. The van der Waals surface area contributed by atoms with Gasteiger partial charge in [-0.1, -0.05) is 28.1 Å². The lowest BCUT2D eigenvalue weighted by Gasteiger charge is -2.13. The molecule has 3 N–H and O–H groups in total. The summed E-state index contributed by atoms with van der Waals surface area (Å²) >= 11 is 3.51. The lowest BCUT2D eigenvalue weighted by Crippen LogP contribution is -2.14. The minimum atomic E-state index is 0.636. The number of nitrogens with zero attached hydrogens (tertiary/aromatic N) is 2. The molecule has 0 atom stereocenters. The SMILES string of the molecule is CN(C)CCc1ccc(Nc2c(N)cnc3ccc(Br)cc23)cc1. The minimum absolute atomic E-state index is 0.636. The Kier molecular flexibility index (Phi) is 5.02. The van der Waals surface area contributed by atoms with Crippen molar-refractivity contribution in [1.29, 1.82) is 0 Å². The van der Waals surface area contributed by atoms with E-state index < -0.39 is 0 Å². The summed E-state index contributed by atoms with van der Waals surface area (Å²) in [6, 6.07) is 14.5. The second-order valence-electron chi connectivity index (χ2n) is 6.13. The molecule has 4 nitrogen and oxygen atoms in total. The molecule has 3 rings (SSSR count). The van der Waals surface area contributed by atoms with Crippen LogP contribution in [0.4, 0.5) is 17.1 Å². The maximum Gasteiger partial charge on any atom is 0.0746 e. The van der Waals surface area contributed by atoms with E-state index in [1.807, 2.05) is 18.2 Å². The number of halogens is 1. The van der Waals surface area contributed by atoms with Crippen LogP contribution in [-0.4, -0.2) is 30.5 Å². The molecule has 0 aliphatic carbocycles. The summed E-state index contributed by atoms with van der Waals surface area (Å²) < 4.78 is 1.00. The summed E-state index contributed by atoms with van der Waals surface area (Å²) in [7, 11) is 4.18. The van der Waals surface area contributed by atoms with Crippen LogP contribution in [0.2, 0.25) is 0 Å². The Hall–Kier alpha value is -2.11. The molecule has 5 heteroatoms. The standard InChI is InChI=1S/C19H21BrN4/c1-24(2)10-9-13-3-6-15(7-4-13)23-19-16-11-14(20)5-8-18(16)22-12-17(19)21/h3-8,11-12H,9-10,21H2,1-2H3,(H,22,23). The van der Waals surface area contributed by atoms with Gasteiger partial charge in [-0.25, -0.2) is 0 Å². The molecule has 0 aliphatic heterocycles. The summed E-state index contributed by atoms with van der Waals surface area (Å²) in [6.07, 6.45) is 2.74. The molecule has 24 heavy (non-hydrogen) atoms. The number of hydrogen-bond acceptors (Lipinski definition) is 4. The Morgan fingerprint density at radius 1 is 1.12 bits per heavy atom. The second-order valence-corrected chi connectivity index (χ2v) is 7.04. The number of likely N-dealkylation sites (N-methyl/N-ethyl adjacent to an activating group) is 1. The highest BCUT2D eigenvalue weighted by Gasteiger charge is 2.08. The predicted molar refractivity (Wildman–Crippen MR) is 106 cm³/mol. The summed E-state index contributed by atoms with van der Waals surface area (Å²) in [5.41, 5.74) is 10.9. The Balaban J connectivity index is 1.87. The van der Waals surface area contributed by atoms with E-state index in [-0.39, 0.29) is 0 Å². The van der Waals surface area contributed by atoms with Crippen molar-refractivity contribution in [3.05, 3.63) is 58.7 Å². The predicted octanol–water partition coefficient (Wildman–Crippen LogP) is 4.43. The van der Waals surface area contributed by atoms with Crippen molar-refractivity contribution in [2.75, 3.05) is 31.7 Å². The van der Waals surface area contributed by atoms with Crippen LogP contribution in [0.15, 0.2) is 53.1 Å². The van der Waals surface area contributed by atoms with Gasteiger partial charge in [0, 0.05) is 22.1 Å². The Labute approximate surface area is 150 Å². The van der Waals surface area contributed by atoms with Gasteiger partial charge >= 0.3 is 0 Å². The molecule has 0 radical (unpaired) electrons. The number of nitrogens with two attached hydrogens (primary N) is 1. The maximum absolute atomic E-state index is 6.15. The normalized spacial score (nSPS) is 11.2. The number of fused-ring (bicyclic) bond motifs is 1. The third-order valence-electron chi connectivity index (χ3n) is 3.93. The summed E-state index contributed by atoms with van der Waals surface area (Å²) in [5, 5.41) is 4.44. The molecule has 0 amide bonds. The van der Waals surface area contributed by atoms with E-state index in [1.54, 1.807) is 6.20 Å². The fraction of sp³-hybridized carbons (Fsp3) is 0.211. The van der Waals surface area contributed by atoms with Gasteiger partial charge in [0.15, 0.2) is 0 Å². The average Bonchev–Trinajstić information content (AvgIpc) is 2.57. The first-order valence-electron chi connectivity index (χ1n) is 7.87. The molecule has 0 spiro atoms. The van der Waals surface area contributed by atoms with Crippen LogP contribution >= 0.6 is 15.9 Å². The lowest BCUT2D eigenvalue weighted by atomic mass is 10.1. The van der Waals surface area contributed by atoms with Crippen molar-refractivity contribution in [2.24, 2.45) is 0 Å². The molecule has 0 saturated heterocycles. The average molecular weight is 385 g/mol. The highest BCUT2D eigenvalue weighted by molar-refractivity contribution is 9.10. The van der Waals surface area contributed by atoms with Crippen LogP contribution in [0.3, 0.4) is 0 Å². The van der Waals surface area contributed by atoms with Crippen molar-refractivity contribution in [1.82, 2.24) is 9.88 Å². The highest BCUT2D eigenvalue weighted by atomic mass is 79.9. The second kappa shape index (κ2) is 7.20. The van der Waals surface area contributed by atoms with Crippen LogP contribution in [0.5, 0.6) is 0 Å². The van der Waals surface area contributed by atoms with Crippen molar-refractivity contribution in [2.45, 2.75) is 6.42 Å².